The van der Waals surface area contributed by atoms with Crippen LogP contribution >= 0.6 is 0 Å². The van der Waals surface area contributed by atoms with Crippen LogP contribution in [-0.2, 0) is 13.3 Å². The Kier molecular flexibility index (Phi) is 21.4. The predicted octanol–water partition coefficient (Wildman–Crippen LogP) is 3.04. The van der Waals surface area contributed by atoms with Crippen molar-refractivity contribution in [3.05, 3.63) is 0 Å². The van der Waals surface area contributed by atoms with Crippen molar-refractivity contribution in [1.82, 2.24) is 0 Å². The van der Waals surface area contributed by atoms with Crippen molar-refractivity contribution in [2.75, 3.05) is 48.5 Å². The first-order chi connectivity index (χ1) is 12.9. The third kappa shape index (κ3) is 16.3. The molecule has 0 bridgehead atoms. The molecular formula is C22H50BrNO3Si. The molecule has 0 rings (SSSR count). The molecule has 0 saturated carbocycles. The molecule has 6 heteroatoms. The number of rotatable bonds is 20. The monoisotopic (exact) mass is 483 g/mol. The van der Waals surface area contributed by atoms with Crippen LogP contribution in [0.1, 0.15) is 90.4 Å². The molecule has 0 aliphatic heterocycles. The van der Waals surface area contributed by atoms with E-state index in [0.717, 1.165) is 23.5 Å². The van der Waals surface area contributed by atoms with Gasteiger partial charge in [-0.25, -0.2) is 0 Å². The van der Waals surface area contributed by atoms with Crippen LogP contribution in [0.4, 0.5) is 0 Å². The first-order valence-corrected chi connectivity index (χ1v) is 13.4. The normalized spacial score (nSPS) is 12.2. The molecule has 0 fully saturated rings. The highest BCUT2D eigenvalue weighted by molar-refractivity contribution is 6.60. The van der Waals surface area contributed by atoms with Gasteiger partial charge in [0, 0.05) is 33.8 Å². The van der Waals surface area contributed by atoms with E-state index in [-0.39, 0.29) is 17.0 Å². The molecule has 0 aliphatic carbocycles. The second-order valence-electron chi connectivity index (χ2n) is 8.67. The van der Waals surface area contributed by atoms with Gasteiger partial charge in [-0.3, -0.25) is 0 Å². The Balaban J connectivity index is 0. The molecule has 0 spiro atoms. The van der Waals surface area contributed by atoms with Gasteiger partial charge in [-0.1, -0.05) is 71.1 Å². The van der Waals surface area contributed by atoms with Crippen LogP contribution in [0.3, 0.4) is 0 Å². The zero-order valence-corrected chi connectivity index (χ0v) is 22.4. The fourth-order valence-electron chi connectivity index (χ4n) is 3.77. The lowest BCUT2D eigenvalue weighted by Gasteiger charge is -2.31. The van der Waals surface area contributed by atoms with Gasteiger partial charge >= 0.3 is 8.80 Å². The second-order valence-corrected chi connectivity index (χ2v) is 11.8. The maximum Gasteiger partial charge on any atom is 0.500 e. The molecule has 0 radical (unpaired) electrons. The van der Waals surface area contributed by atoms with E-state index in [2.05, 4.69) is 21.0 Å². The minimum atomic E-state index is -2.40. The molecule has 0 heterocycles. The topological polar surface area (TPSA) is 27.7 Å². The largest absolute Gasteiger partial charge is 1.00 e. The minimum absolute atomic E-state index is 0. The SMILES string of the molecule is CCCCCCCCCCCCCC[N+](C)(C)CCC[Si](OC)(OC)OC.[Br-]. The molecule has 28 heavy (non-hydrogen) atoms. The van der Waals surface area contributed by atoms with Crippen molar-refractivity contribution in [2.24, 2.45) is 0 Å². The molecule has 0 saturated heterocycles. The molecule has 0 aliphatic rings. The van der Waals surface area contributed by atoms with Gasteiger partial charge in [0.15, 0.2) is 0 Å². The maximum atomic E-state index is 5.52. The molecule has 0 N–H and O–H groups in total. The summed E-state index contributed by atoms with van der Waals surface area (Å²) in [6.07, 6.45) is 18.1. The molecule has 0 amide bonds. The summed E-state index contributed by atoms with van der Waals surface area (Å²) in [5, 5.41) is 0. The highest BCUT2D eigenvalue weighted by atomic mass is 79.9. The van der Waals surface area contributed by atoms with Gasteiger partial charge in [-0.2, -0.15) is 0 Å². The zero-order valence-electron chi connectivity index (χ0n) is 19.9. The quantitative estimate of drug-likeness (QED) is 0.151. The number of nitrogens with zero attached hydrogens (tertiary/aromatic N) is 1. The van der Waals surface area contributed by atoms with Crippen LogP contribution in [0, 0.1) is 0 Å². The Morgan fingerprint density at radius 3 is 1.32 bits per heavy atom. The molecule has 0 unspecified atom stereocenters. The Labute approximate surface area is 188 Å². The number of hydrogen-bond donors (Lipinski definition) is 0. The first kappa shape index (κ1) is 30.7. The third-order valence-corrected chi connectivity index (χ3v) is 8.63. The van der Waals surface area contributed by atoms with Crippen molar-refractivity contribution >= 4 is 8.80 Å². The van der Waals surface area contributed by atoms with Crippen molar-refractivity contribution in [3.63, 3.8) is 0 Å². The lowest BCUT2D eigenvalue weighted by atomic mass is 10.1. The van der Waals surface area contributed by atoms with Crippen LogP contribution in [0.15, 0.2) is 0 Å². The number of unbranched alkanes of at least 4 members (excludes halogenated alkanes) is 11. The summed E-state index contributed by atoms with van der Waals surface area (Å²) in [5.74, 6) is 0. The minimum Gasteiger partial charge on any atom is -1.00 e. The number of halogens is 1. The van der Waals surface area contributed by atoms with E-state index < -0.39 is 8.80 Å². The van der Waals surface area contributed by atoms with Crippen LogP contribution in [0.2, 0.25) is 6.04 Å². The Morgan fingerprint density at radius 1 is 0.571 bits per heavy atom. The summed E-state index contributed by atoms with van der Waals surface area (Å²) < 4.78 is 17.6. The Morgan fingerprint density at radius 2 is 0.929 bits per heavy atom. The van der Waals surface area contributed by atoms with Gasteiger partial charge in [-0.05, 0) is 12.8 Å². The number of hydrogen-bond acceptors (Lipinski definition) is 3. The standard InChI is InChI=1S/C22H50NO3Si.BrH/c1-7-8-9-10-11-12-13-14-15-16-17-18-20-23(2,3)21-19-22-27(24-4,25-5)26-6;/h7-22H2,1-6H3;1H/q+1;/p-1. The fourth-order valence-corrected chi connectivity index (χ4v) is 5.48. The van der Waals surface area contributed by atoms with E-state index in [4.69, 9.17) is 13.3 Å². The van der Waals surface area contributed by atoms with Crippen LogP contribution in [0.5, 0.6) is 0 Å². The zero-order chi connectivity index (χ0) is 20.4. The van der Waals surface area contributed by atoms with E-state index >= 15 is 0 Å². The van der Waals surface area contributed by atoms with Crippen molar-refractivity contribution < 1.29 is 34.7 Å². The summed E-state index contributed by atoms with van der Waals surface area (Å²) >= 11 is 0. The van der Waals surface area contributed by atoms with Gasteiger partial charge < -0.3 is 34.7 Å². The lowest BCUT2D eigenvalue weighted by molar-refractivity contribution is -0.890. The second kappa shape index (κ2) is 19.5. The fraction of sp³-hybridized carbons (Fsp3) is 1.00. The summed E-state index contributed by atoms with van der Waals surface area (Å²) in [5.41, 5.74) is 0. The summed E-state index contributed by atoms with van der Waals surface area (Å²) in [4.78, 5) is 0. The molecule has 4 nitrogen and oxygen atoms in total. The van der Waals surface area contributed by atoms with Crippen molar-refractivity contribution in [1.29, 1.82) is 0 Å². The van der Waals surface area contributed by atoms with Gasteiger partial charge in [-0.15, -0.1) is 0 Å². The van der Waals surface area contributed by atoms with Crippen LogP contribution in [0.25, 0.3) is 0 Å². The van der Waals surface area contributed by atoms with Gasteiger partial charge in [0.05, 0.1) is 27.2 Å². The average molecular weight is 485 g/mol. The molecule has 172 valence electrons. The van der Waals surface area contributed by atoms with E-state index in [1.54, 1.807) is 21.3 Å². The van der Waals surface area contributed by atoms with Crippen molar-refractivity contribution in [3.8, 4) is 0 Å². The molecule has 0 atom stereocenters. The van der Waals surface area contributed by atoms with Crippen molar-refractivity contribution in [2.45, 2.75) is 96.4 Å². The van der Waals surface area contributed by atoms with Crippen LogP contribution < -0.4 is 17.0 Å². The Bertz CT molecular complexity index is 321. The Hall–Kier alpha value is 0.537. The van der Waals surface area contributed by atoms with Gasteiger partial charge in [0.1, 0.15) is 0 Å². The molecule has 0 aromatic rings. The maximum absolute atomic E-state index is 5.52. The lowest BCUT2D eigenvalue weighted by Crippen LogP contribution is -3.00. The first-order valence-electron chi connectivity index (χ1n) is 11.4. The number of quaternary nitrogens is 1. The smallest absolute Gasteiger partial charge is 0.500 e. The summed E-state index contributed by atoms with van der Waals surface area (Å²) in [7, 11) is 7.39. The van der Waals surface area contributed by atoms with E-state index in [1.165, 1.54) is 83.6 Å². The van der Waals surface area contributed by atoms with Gasteiger partial charge in [0.2, 0.25) is 0 Å². The highest BCUT2D eigenvalue weighted by Gasteiger charge is 2.37. The highest BCUT2D eigenvalue weighted by Crippen LogP contribution is 2.17. The van der Waals surface area contributed by atoms with E-state index in [0.29, 0.717) is 0 Å². The third-order valence-electron chi connectivity index (χ3n) is 5.80. The summed E-state index contributed by atoms with van der Waals surface area (Å²) in [6, 6.07) is 0.899. The molecular weight excluding hydrogens is 434 g/mol. The van der Waals surface area contributed by atoms with E-state index in [1.807, 2.05) is 0 Å². The summed E-state index contributed by atoms with van der Waals surface area (Å²) in [6.45, 7) is 4.71. The van der Waals surface area contributed by atoms with Crippen LogP contribution in [-0.4, -0.2) is 61.8 Å². The van der Waals surface area contributed by atoms with Gasteiger partial charge in [0.25, 0.3) is 0 Å². The van der Waals surface area contributed by atoms with E-state index in [9.17, 15) is 0 Å². The average Bonchev–Trinajstić information content (AvgIpc) is 2.66. The molecule has 0 aromatic carbocycles. The predicted molar refractivity (Wildman–Crippen MR) is 119 cm³/mol. The molecule has 0 aromatic heterocycles.